The van der Waals surface area contributed by atoms with Crippen molar-refractivity contribution in [3.05, 3.63) is 107 Å². The first-order valence-corrected chi connectivity index (χ1v) is 11.6. The maximum atomic E-state index is 13.5. The van der Waals surface area contributed by atoms with Gasteiger partial charge in [0.2, 0.25) is 0 Å². The standard InChI is InChI=1S/C30H27NO4/c1-18-14-15-20(30(2,3)4)17-22(18)27(32)25-26(24-13-8-16-35-24)31(29(34)28(25)33)23-12-7-10-19-9-5-6-11-21(19)23/h5-17,26,32H,1-4H3/b27-25+. The molecule has 0 bridgehead atoms. The molecule has 4 aromatic rings. The number of carbonyl (C=O) groups is 2. The molecule has 1 aliphatic heterocycles. The van der Waals surface area contributed by atoms with Crippen molar-refractivity contribution >= 4 is 33.9 Å². The number of carbonyl (C=O) groups excluding carboxylic acids is 2. The van der Waals surface area contributed by atoms with Crippen molar-refractivity contribution < 1.29 is 19.1 Å². The summed E-state index contributed by atoms with van der Waals surface area (Å²) in [4.78, 5) is 28.4. The van der Waals surface area contributed by atoms with E-state index in [-0.39, 0.29) is 16.7 Å². The lowest BCUT2D eigenvalue weighted by Crippen LogP contribution is -2.29. The zero-order valence-electron chi connectivity index (χ0n) is 20.2. The van der Waals surface area contributed by atoms with Gasteiger partial charge in [-0.3, -0.25) is 14.5 Å². The molecule has 5 rings (SSSR count). The Morgan fingerprint density at radius 1 is 0.943 bits per heavy atom. The molecule has 1 aliphatic rings. The van der Waals surface area contributed by atoms with Crippen molar-refractivity contribution in [3.63, 3.8) is 0 Å². The number of aliphatic hydroxyl groups excluding tert-OH is 1. The summed E-state index contributed by atoms with van der Waals surface area (Å²) in [5.41, 5.74) is 2.81. The molecule has 1 aromatic heterocycles. The molecule has 176 valence electrons. The van der Waals surface area contributed by atoms with E-state index in [9.17, 15) is 14.7 Å². The van der Waals surface area contributed by atoms with Gasteiger partial charge in [0.1, 0.15) is 17.6 Å². The summed E-state index contributed by atoms with van der Waals surface area (Å²) in [7, 11) is 0. The Morgan fingerprint density at radius 2 is 1.69 bits per heavy atom. The van der Waals surface area contributed by atoms with Crippen molar-refractivity contribution in [2.45, 2.75) is 39.2 Å². The topological polar surface area (TPSA) is 70.8 Å². The van der Waals surface area contributed by atoms with Crippen LogP contribution >= 0.6 is 0 Å². The lowest BCUT2D eigenvalue weighted by Gasteiger charge is -2.25. The molecule has 3 aromatic carbocycles. The maximum Gasteiger partial charge on any atom is 0.300 e. The zero-order chi connectivity index (χ0) is 24.9. The summed E-state index contributed by atoms with van der Waals surface area (Å²) in [6.07, 6.45) is 1.50. The number of amides is 1. The molecular formula is C30H27NO4. The van der Waals surface area contributed by atoms with Crippen molar-refractivity contribution in [1.29, 1.82) is 0 Å². The largest absolute Gasteiger partial charge is 0.507 e. The molecule has 1 amide bonds. The van der Waals surface area contributed by atoms with Crippen molar-refractivity contribution in [1.82, 2.24) is 0 Å². The highest BCUT2D eigenvalue weighted by atomic mass is 16.3. The number of rotatable bonds is 3. The summed E-state index contributed by atoms with van der Waals surface area (Å²) < 4.78 is 5.71. The maximum absolute atomic E-state index is 13.5. The van der Waals surface area contributed by atoms with Gasteiger partial charge in [0, 0.05) is 10.9 Å². The Morgan fingerprint density at radius 3 is 2.40 bits per heavy atom. The van der Waals surface area contributed by atoms with Crippen molar-refractivity contribution in [3.8, 4) is 0 Å². The minimum atomic E-state index is -0.895. The number of aryl methyl sites for hydroxylation is 1. The number of hydrogen-bond acceptors (Lipinski definition) is 4. The fourth-order valence-electron chi connectivity index (χ4n) is 4.70. The van der Waals surface area contributed by atoms with Crippen LogP contribution < -0.4 is 4.90 Å². The Labute approximate surface area is 204 Å². The number of nitrogens with zero attached hydrogens (tertiary/aromatic N) is 1. The quantitative estimate of drug-likeness (QED) is 0.208. The molecule has 5 heteroatoms. The molecule has 2 heterocycles. The highest BCUT2D eigenvalue weighted by molar-refractivity contribution is 6.52. The average Bonchev–Trinajstić information content (AvgIpc) is 3.45. The van der Waals surface area contributed by atoms with Crippen LogP contribution in [0.15, 0.2) is 89.0 Å². The number of Topliss-reactive ketones (excluding diaryl/α,β-unsaturated/α-hetero) is 1. The number of benzene rings is 3. The number of aliphatic hydroxyl groups is 1. The molecule has 0 spiro atoms. The summed E-state index contributed by atoms with van der Waals surface area (Å²) in [6.45, 7) is 8.14. The van der Waals surface area contributed by atoms with Crippen LogP contribution in [0.4, 0.5) is 5.69 Å². The zero-order valence-corrected chi connectivity index (χ0v) is 20.2. The molecule has 1 fully saturated rings. The molecule has 0 aliphatic carbocycles. The van der Waals surface area contributed by atoms with Gasteiger partial charge >= 0.3 is 0 Å². The smallest absolute Gasteiger partial charge is 0.300 e. The second-order valence-corrected chi connectivity index (χ2v) is 9.96. The fraction of sp³-hybridized carbons (Fsp3) is 0.200. The second-order valence-electron chi connectivity index (χ2n) is 9.96. The lowest BCUT2D eigenvalue weighted by atomic mass is 9.84. The summed E-state index contributed by atoms with van der Waals surface area (Å²) in [6, 6.07) is 21.7. The van der Waals surface area contributed by atoms with Crippen LogP contribution in [-0.2, 0) is 15.0 Å². The van der Waals surface area contributed by atoms with Crippen LogP contribution in [-0.4, -0.2) is 16.8 Å². The molecule has 1 N–H and O–H groups in total. The third-order valence-electron chi connectivity index (χ3n) is 6.64. The van der Waals surface area contributed by atoms with E-state index in [4.69, 9.17) is 4.42 Å². The van der Waals surface area contributed by atoms with E-state index in [1.54, 1.807) is 12.1 Å². The van der Waals surface area contributed by atoms with Crippen molar-refractivity contribution in [2.75, 3.05) is 4.90 Å². The highest BCUT2D eigenvalue weighted by Gasteiger charge is 2.48. The third kappa shape index (κ3) is 3.73. The van der Waals surface area contributed by atoms with Crippen LogP contribution in [0.1, 0.15) is 49.3 Å². The van der Waals surface area contributed by atoms with Gasteiger partial charge in [-0.15, -0.1) is 0 Å². The molecule has 0 radical (unpaired) electrons. The highest BCUT2D eigenvalue weighted by Crippen LogP contribution is 2.44. The van der Waals surface area contributed by atoms with E-state index in [1.807, 2.05) is 67.6 Å². The first-order chi connectivity index (χ1) is 16.7. The van der Waals surface area contributed by atoms with Gasteiger partial charge in [-0.1, -0.05) is 69.3 Å². The second kappa shape index (κ2) is 8.27. The van der Waals surface area contributed by atoms with E-state index in [0.717, 1.165) is 21.9 Å². The summed E-state index contributed by atoms with van der Waals surface area (Å²) in [5.74, 6) is -1.23. The molecule has 5 nitrogen and oxygen atoms in total. The SMILES string of the molecule is Cc1ccc(C(C)(C)C)cc1/C(O)=C1\C(=O)C(=O)N(c2cccc3ccccc23)C1c1ccco1. The van der Waals surface area contributed by atoms with Gasteiger partial charge in [0.15, 0.2) is 0 Å². The Hall–Kier alpha value is -4.12. The van der Waals surface area contributed by atoms with Crippen LogP contribution in [0.25, 0.3) is 16.5 Å². The van der Waals surface area contributed by atoms with E-state index in [1.165, 1.54) is 11.2 Å². The number of furan rings is 1. The van der Waals surface area contributed by atoms with Crippen LogP contribution in [0.3, 0.4) is 0 Å². The number of ketones is 1. The van der Waals surface area contributed by atoms with Crippen molar-refractivity contribution in [2.24, 2.45) is 0 Å². The monoisotopic (exact) mass is 465 g/mol. The Bertz CT molecular complexity index is 1480. The minimum Gasteiger partial charge on any atom is -0.507 e. The van der Waals surface area contributed by atoms with Crippen LogP contribution in [0.2, 0.25) is 0 Å². The predicted octanol–water partition coefficient (Wildman–Crippen LogP) is 6.67. The number of anilines is 1. The molecule has 0 saturated carbocycles. The minimum absolute atomic E-state index is 0.0204. The Balaban J connectivity index is 1.77. The van der Waals surface area contributed by atoms with E-state index >= 15 is 0 Å². The normalized spacial score (nSPS) is 17.9. The third-order valence-corrected chi connectivity index (χ3v) is 6.64. The van der Waals surface area contributed by atoms with Gasteiger partial charge in [-0.25, -0.2) is 0 Å². The van der Waals surface area contributed by atoms with Crippen LogP contribution in [0, 0.1) is 6.92 Å². The first-order valence-electron chi connectivity index (χ1n) is 11.6. The van der Waals surface area contributed by atoms with Gasteiger partial charge < -0.3 is 9.52 Å². The van der Waals surface area contributed by atoms with E-state index in [2.05, 4.69) is 20.8 Å². The number of fused-ring (bicyclic) bond motifs is 1. The molecule has 35 heavy (non-hydrogen) atoms. The molecule has 1 atom stereocenters. The van der Waals surface area contributed by atoms with Gasteiger partial charge in [0.05, 0.1) is 17.5 Å². The predicted molar refractivity (Wildman–Crippen MR) is 137 cm³/mol. The summed E-state index contributed by atoms with van der Waals surface area (Å²) in [5, 5.41) is 13.3. The van der Waals surface area contributed by atoms with Gasteiger partial charge in [-0.2, -0.15) is 0 Å². The first kappa shape index (κ1) is 22.7. The van der Waals surface area contributed by atoms with Gasteiger partial charge in [0.25, 0.3) is 11.7 Å². The fourth-order valence-corrected chi connectivity index (χ4v) is 4.70. The molecule has 1 unspecified atom stereocenters. The van der Waals surface area contributed by atoms with Crippen LogP contribution in [0.5, 0.6) is 0 Å². The lowest BCUT2D eigenvalue weighted by molar-refractivity contribution is -0.132. The average molecular weight is 466 g/mol. The number of hydrogen-bond donors (Lipinski definition) is 1. The summed E-state index contributed by atoms with van der Waals surface area (Å²) >= 11 is 0. The van der Waals surface area contributed by atoms with E-state index in [0.29, 0.717) is 17.0 Å². The Kier molecular flexibility index (Phi) is 5.36. The molecular weight excluding hydrogens is 438 g/mol. The van der Waals surface area contributed by atoms with Gasteiger partial charge in [-0.05, 0) is 53.1 Å². The van der Waals surface area contributed by atoms with E-state index < -0.39 is 17.7 Å². The molecule has 1 saturated heterocycles.